The summed E-state index contributed by atoms with van der Waals surface area (Å²) in [6.45, 7) is 3.71. The summed E-state index contributed by atoms with van der Waals surface area (Å²) >= 11 is 0. The van der Waals surface area contributed by atoms with E-state index in [1.807, 2.05) is 43.1 Å². The van der Waals surface area contributed by atoms with Crippen molar-refractivity contribution in [2.75, 3.05) is 27.3 Å². The summed E-state index contributed by atoms with van der Waals surface area (Å²) in [5, 5.41) is 9.61. The second kappa shape index (κ2) is 9.65. The lowest BCUT2D eigenvalue weighted by atomic mass is 10.1. The van der Waals surface area contributed by atoms with Crippen molar-refractivity contribution in [1.29, 1.82) is 0 Å². The van der Waals surface area contributed by atoms with Gasteiger partial charge in [-0.25, -0.2) is 27.6 Å². The van der Waals surface area contributed by atoms with Crippen molar-refractivity contribution in [2.45, 2.75) is 24.8 Å². The van der Waals surface area contributed by atoms with E-state index in [1.54, 1.807) is 7.11 Å². The van der Waals surface area contributed by atoms with Crippen molar-refractivity contribution >= 4 is 10.0 Å². The Hall–Kier alpha value is -2.66. The van der Waals surface area contributed by atoms with E-state index in [2.05, 4.69) is 10.1 Å². The Labute approximate surface area is 181 Å². The predicted octanol–water partition coefficient (Wildman–Crippen LogP) is 2.03. The van der Waals surface area contributed by atoms with Crippen LogP contribution in [0.25, 0.3) is 5.69 Å². The molecule has 0 spiro atoms. The van der Waals surface area contributed by atoms with Gasteiger partial charge in [-0.1, -0.05) is 29.8 Å². The van der Waals surface area contributed by atoms with Crippen molar-refractivity contribution in [3.05, 3.63) is 71.1 Å². The number of hydrogen-bond donors (Lipinski definition) is 1. The monoisotopic (exact) mass is 447 g/mol. The van der Waals surface area contributed by atoms with Gasteiger partial charge in [-0.2, -0.15) is 0 Å². The molecule has 0 aliphatic rings. The number of hydrogen-bond acceptors (Lipinski definition) is 6. The number of likely N-dealkylation sites (N-methyl/N-ethyl adjacent to an activating group) is 1. The summed E-state index contributed by atoms with van der Waals surface area (Å²) < 4.78 is 44.4. The number of aromatic nitrogens is 3. The van der Waals surface area contributed by atoms with Crippen LogP contribution in [0.2, 0.25) is 0 Å². The van der Waals surface area contributed by atoms with Gasteiger partial charge in [-0.3, -0.25) is 4.90 Å². The summed E-state index contributed by atoms with van der Waals surface area (Å²) in [5.74, 6) is 0.317. The minimum Gasteiger partial charge on any atom is -0.383 e. The van der Waals surface area contributed by atoms with E-state index in [1.165, 1.54) is 16.8 Å². The quantitative estimate of drug-likeness (QED) is 0.538. The van der Waals surface area contributed by atoms with Gasteiger partial charge >= 0.3 is 0 Å². The van der Waals surface area contributed by atoms with Crippen LogP contribution in [0.3, 0.4) is 0 Å². The summed E-state index contributed by atoms with van der Waals surface area (Å²) in [6, 6.07) is 11.5. The molecule has 0 fully saturated rings. The minimum atomic E-state index is -4.01. The van der Waals surface area contributed by atoms with Gasteiger partial charge in [0, 0.05) is 20.1 Å². The van der Waals surface area contributed by atoms with Crippen molar-refractivity contribution in [3.63, 3.8) is 0 Å². The number of nitrogens with zero attached hydrogens (tertiary/aromatic N) is 4. The molecule has 0 aliphatic carbocycles. The summed E-state index contributed by atoms with van der Waals surface area (Å²) in [5.41, 5.74) is 2.24. The first-order chi connectivity index (χ1) is 14.7. The van der Waals surface area contributed by atoms with Gasteiger partial charge in [-0.15, -0.1) is 5.10 Å². The van der Waals surface area contributed by atoms with Gasteiger partial charge < -0.3 is 4.74 Å². The minimum absolute atomic E-state index is 0.104. The molecule has 0 saturated carbocycles. The van der Waals surface area contributed by atoms with Gasteiger partial charge in [0.1, 0.15) is 17.3 Å². The van der Waals surface area contributed by atoms with Crippen molar-refractivity contribution in [3.8, 4) is 5.69 Å². The molecule has 10 heteroatoms. The number of primary sulfonamides is 1. The zero-order valence-electron chi connectivity index (χ0n) is 17.7. The summed E-state index contributed by atoms with van der Waals surface area (Å²) in [7, 11) is -0.459. The van der Waals surface area contributed by atoms with Crippen LogP contribution in [0.4, 0.5) is 4.39 Å². The van der Waals surface area contributed by atoms with Gasteiger partial charge in [0.25, 0.3) is 0 Å². The van der Waals surface area contributed by atoms with Crippen LogP contribution >= 0.6 is 0 Å². The molecule has 3 rings (SSSR count). The van der Waals surface area contributed by atoms with Crippen molar-refractivity contribution in [2.24, 2.45) is 5.14 Å². The second-order valence-corrected chi connectivity index (χ2v) is 8.97. The number of aryl methyl sites for hydroxylation is 1. The van der Waals surface area contributed by atoms with E-state index in [0.29, 0.717) is 37.8 Å². The molecule has 1 heterocycles. The molecule has 2 N–H and O–H groups in total. The van der Waals surface area contributed by atoms with E-state index in [4.69, 9.17) is 9.88 Å². The Morgan fingerprint density at radius 1 is 1.19 bits per heavy atom. The molecule has 3 aromatic rings. The topological polar surface area (TPSA) is 103 Å². The molecule has 0 radical (unpaired) electrons. The Balaban J connectivity index is 1.99. The van der Waals surface area contributed by atoms with Gasteiger partial charge in [0.05, 0.1) is 18.0 Å². The Bertz CT molecular complexity index is 1150. The number of nitrogens with two attached hydrogens (primary N) is 1. The Morgan fingerprint density at radius 2 is 1.90 bits per heavy atom. The molecule has 1 aromatic heterocycles. The highest BCUT2D eigenvalue weighted by Crippen LogP contribution is 2.20. The van der Waals surface area contributed by atoms with Gasteiger partial charge in [0.15, 0.2) is 5.82 Å². The fourth-order valence-electron chi connectivity index (χ4n) is 3.06. The highest BCUT2D eigenvalue weighted by molar-refractivity contribution is 7.89. The highest BCUT2D eigenvalue weighted by atomic mass is 32.2. The third-order valence-electron chi connectivity index (χ3n) is 4.77. The maximum atomic E-state index is 14.8. The van der Waals surface area contributed by atoms with E-state index >= 15 is 0 Å². The molecular formula is C21H26FN5O3S. The SMILES string of the molecule is COCCN(C)Cc1nc(Cc2ccc(C)cc2)n(-c2ccc(S(N)(=O)=O)cc2F)n1. The van der Waals surface area contributed by atoms with Crippen LogP contribution in [-0.4, -0.2) is 55.4 Å². The average Bonchev–Trinajstić information content (AvgIpc) is 3.09. The molecule has 0 bridgehead atoms. The maximum Gasteiger partial charge on any atom is 0.238 e. The van der Waals surface area contributed by atoms with E-state index in [9.17, 15) is 12.8 Å². The lowest BCUT2D eigenvalue weighted by Crippen LogP contribution is -2.23. The molecule has 0 saturated heterocycles. The van der Waals surface area contributed by atoms with E-state index < -0.39 is 15.8 Å². The normalized spacial score (nSPS) is 11.9. The average molecular weight is 448 g/mol. The lowest BCUT2D eigenvalue weighted by molar-refractivity contribution is 0.157. The lowest BCUT2D eigenvalue weighted by Gasteiger charge is -2.13. The molecule has 166 valence electrons. The molecule has 8 nitrogen and oxygen atoms in total. The first-order valence-corrected chi connectivity index (χ1v) is 11.2. The third kappa shape index (κ3) is 5.95. The largest absolute Gasteiger partial charge is 0.383 e. The summed E-state index contributed by atoms with van der Waals surface area (Å²) in [6.07, 6.45) is 0.436. The van der Waals surface area contributed by atoms with E-state index in [0.717, 1.165) is 17.2 Å². The van der Waals surface area contributed by atoms with Crippen LogP contribution in [-0.2, 0) is 27.7 Å². The predicted molar refractivity (Wildman–Crippen MR) is 115 cm³/mol. The molecule has 0 unspecified atom stereocenters. The Morgan fingerprint density at radius 3 is 2.52 bits per heavy atom. The summed E-state index contributed by atoms with van der Waals surface area (Å²) in [4.78, 5) is 6.33. The standard InChI is InChI=1S/C21H26FN5O3S/c1-15-4-6-16(7-5-15)12-21-24-20(14-26(2)10-11-30-3)25-27(21)19-9-8-17(13-18(19)22)31(23,28)29/h4-9,13H,10-12,14H2,1-3H3,(H2,23,28,29). The van der Waals surface area contributed by atoms with Crippen LogP contribution in [0.5, 0.6) is 0 Å². The molecule has 31 heavy (non-hydrogen) atoms. The first-order valence-electron chi connectivity index (χ1n) is 9.68. The van der Waals surface area contributed by atoms with Crippen LogP contribution in [0.1, 0.15) is 22.8 Å². The van der Waals surface area contributed by atoms with Crippen LogP contribution in [0, 0.1) is 12.7 Å². The van der Waals surface area contributed by atoms with Crippen molar-refractivity contribution in [1.82, 2.24) is 19.7 Å². The number of methoxy groups -OCH3 is 1. The fraction of sp³-hybridized carbons (Fsp3) is 0.333. The van der Waals surface area contributed by atoms with Crippen LogP contribution < -0.4 is 5.14 Å². The number of rotatable bonds is 9. The highest BCUT2D eigenvalue weighted by Gasteiger charge is 2.18. The second-order valence-electron chi connectivity index (χ2n) is 7.41. The third-order valence-corrected chi connectivity index (χ3v) is 5.68. The van der Waals surface area contributed by atoms with Crippen molar-refractivity contribution < 1.29 is 17.5 Å². The smallest absolute Gasteiger partial charge is 0.238 e. The van der Waals surface area contributed by atoms with Gasteiger partial charge in [-0.05, 0) is 37.7 Å². The number of ether oxygens (including phenoxy) is 1. The molecule has 2 aromatic carbocycles. The molecule has 0 atom stereocenters. The van der Waals surface area contributed by atoms with Crippen LogP contribution in [0.15, 0.2) is 47.4 Å². The zero-order chi connectivity index (χ0) is 22.6. The molecule has 0 amide bonds. The molecule has 0 aliphatic heterocycles. The first kappa shape index (κ1) is 23.0. The number of benzene rings is 2. The number of sulfonamides is 1. The fourth-order valence-corrected chi connectivity index (χ4v) is 3.58. The van der Waals surface area contributed by atoms with E-state index in [-0.39, 0.29) is 10.6 Å². The number of halogens is 1. The maximum absolute atomic E-state index is 14.8. The van der Waals surface area contributed by atoms with Gasteiger partial charge in [0.2, 0.25) is 10.0 Å². The zero-order valence-corrected chi connectivity index (χ0v) is 18.6. The molecular weight excluding hydrogens is 421 g/mol. The Kier molecular flexibility index (Phi) is 7.16.